The van der Waals surface area contributed by atoms with Gasteiger partial charge in [0.1, 0.15) is 5.52 Å². The Morgan fingerprint density at radius 1 is 1.50 bits per heavy atom. The average molecular weight is 226 g/mol. The summed E-state index contributed by atoms with van der Waals surface area (Å²) >= 11 is 3.41. The summed E-state index contributed by atoms with van der Waals surface area (Å²) in [6, 6.07) is 6.12. The third kappa shape index (κ3) is 1.12. The first-order valence-electron chi connectivity index (χ1n) is 3.65. The Hall–Kier alpha value is -0.900. The molecule has 1 aromatic carbocycles. The van der Waals surface area contributed by atoms with E-state index in [-0.39, 0.29) is 0 Å². The lowest BCUT2D eigenvalue weighted by Gasteiger charge is -1.95. The molecule has 0 N–H and O–H groups in total. The van der Waals surface area contributed by atoms with E-state index in [0.29, 0.717) is 0 Å². The summed E-state index contributed by atoms with van der Waals surface area (Å²) in [6.07, 6.45) is 0. The molecule has 0 aliphatic heterocycles. The van der Waals surface area contributed by atoms with E-state index in [0.717, 1.165) is 16.4 Å². The van der Waals surface area contributed by atoms with E-state index in [1.807, 2.05) is 19.2 Å². The summed E-state index contributed by atoms with van der Waals surface area (Å²) < 4.78 is 1.78. The van der Waals surface area contributed by atoms with Gasteiger partial charge in [-0.3, -0.25) is 0 Å². The topological polar surface area (TPSA) is 30.7 Å². The molecule has 0 saturated carbocycles. The van der Waals surface area contributed by atoms with Gasteiger partial charge in [0.2, 0.25) is 0 Å². The van der Waals surface area contributed by atoms with Gasteiger partial charge in [-0.2, -0.15) is 0 Å². The van der Waals surface area contributed by atoms with Gasteiger partial charge in [0.15, 0.2) is 0 Å². The summed E-state index contributed by atoms with van der Waals surface area (Å²) in [5, 5.41) is 8.78. The monoisotopic (exact) mass is 225 g/mol. The average Bonchev–Trinajstić information content (AvgIpc) is 2.47. The second-order valence-electron chi connectivity index (χ2n) is 2.67. The van der Waals surface area contributed by atoms with E-state index < -0.39 is 0 Å². The predicted molar refractivity (Wildman–Crippen MR) is 51.1 cm³/mol. The van der Waals surface area contributed by atoms with Crippen LogP contribution in [0.15, 0.2) is 18.2 Å². The molecular formula is C8H8BrN3. The molecule has 3 nitrogen and oxygen atoms in total. The first kappa shape index (κ1) is 7.73. The maximum Gasteiger partial charge on any atom is 0.113 e. The highest BCUT2D eigenvalue weighted by molar-refractivity contribution is 9.08. The van der Waals surface area contributed by atoms with Crippen LogP contribution in [0.5, 0.6) is 0 Å². The smallest absolute Gasteiger partial charge is 0.113 e. The molecule has 0 fully saturated rings. The van der Waals surface area contributed by atoms with Gasteiger partial charge in [0.05, 0.1) is 5.52 Å². The molecule has 62 valence electrons. The second-order valence-corrected chi connectivity index (χ2v) is 3.23. The minimum absolute atomic E-state index is 0.869. The normalized spacial score (nSPS) is 10.8. The molecule has 1 heterocycles. The Balaban J connectivity index is 2.71. The lowest BCUT2D eigenvalue weighted by molar-refractivity contribution is 0.736. The third-order valence-electron chi connectivity index (χ3n) is 1.83. The van der Waals surface area contributed by atoms with E-state index in [2.05, 4.69) is 32.3 Å². The molecular weight excluding hydrogens is 218 g/mol. The number of hydrogen-bond donors (Lipinski definition) is 0. The van der Waals surface area contributed by atoms with Crippen molar-refractivity contribution in [1.82, 2.24) is 15.0 Å². The molecule has 0 unspecified atom stereocenters. The van der Waals surface area contributed by atoms with Gasteiger partial charge in [-0.25, -0.2) is 4.68 Å². The minimum Gasteiger partial charge on any atom is -0.248 e. The van der Waals surface area contributed by atoms with E-state index in [4.69, 9.17) is 0 Å². The van der Waals surface area contributed by atoms with Crippen LogP contribution in [0.4, 0.5) is 0 Å². The van der Waals surface area contributed by atoms with Crippen LogP contribution in [0.25, 0.3) is 11.0 Å². The van der Waals surface area contributed by atoms with Gasteiger partial charge in [0, 0.05) is 12.4 Å². The molecule has 0 aliphatic carbocycles. The maximum absolute atomic E-state index is 3.99. The Bertz CT molecular complexity index is 408. The molecule has 4 heteroatoms. The zero-order chi connectivity index (χ0) is 8.55. The second kappa shape index (κ2) is 2.86. The fraction of sp³-hybridized carbons (Fsp3) is 0.250. The van der Waals surface area contributed by atoms with Crippen molar-refractivity contribution in [2.24, 2.45) is 7.05 Å². The fourth-order valence-electron chi connectivity index (χ4n) is 1.16. The molecule has 0 saturated heterocycles. The van der Waals surface area contributed by atoms with Crippen molar-refractivity contribution < 1.29 is 0 Å². The van der Waals surface area contributed by atoms with Gasteiger partial charge in [-0.15, -0.1) is 5.10 Å². The minimum atomic E-state index is 0.869. The first-order chi connectivity index (χ1) is 5.81. The van der Waals surface area contributed by atoms with Crippen molar-refractivity contribution in [3.8, 4) is 0 Å². The molecule has 0 aliphatic rings. The molecule has 2 rings (SSSR count). The summed E-state index contributed by atoms with van der Waals surface area (Å²) in [4.78, 5) is 0. The standard InChI is InChI=1S/C8H8BrN3/c1-12-8-4-6(5-9)2-3-7(8)10-11-12/h2-4H,5H2,1H3. The maximum atomic E-state index is 3.99. The Morgan fingerprint density at radius 2 is 2.33 bits per heavy atom. The van der Waals surface area contributed by atoms with Crippen LogP contribution in [0.1, 0.15) is 5.56 Å². The Morgan fingerprint density at radius 3 is 3.08 bits per heavy atom. The lowest BCUT2D eigenvalue weighted by atomic mass is 10.2. The van der Waals surface area contributed by atoms with E-state index in [1.165, 1.54) is 5.56 Å². The Kier molecular flexibility index (Phi) is 1.84. The Labute approximate surface area is 78.5 Å². The van der Waals surface area contributed by atoms with E-state index >= 15 is 0 Å². The highest BCUT2D eigenvalue weighted by Gasteiger charge is 2.00. The van der Waals surface area contributed by atoms with Crippen molar-refractivity contribution in [2.45, 2.75) is 5.33 Å². The van der Waals surface area contributed by atoms with Gasteiger partial charge < -0.3 is 0 Å². The molecule has 0 radical (unpaired) electrons. The van der Waals surface area contributed by atoms with Crippen molar-refractivity contribution in [2.75, 3.05) is 0 Å². The van der Waals surface area contributed by atoms with Crippen LogP contribution in [0.3, 0.4) is 0 Å². The predicted octanol–water partition coefficient (Wildman–Crippen LogP) is 1.86. The zero-order valence-electron chi connectivity index (χ0n) is 6.66. The number of aryl methyl sites for hydroxylation is 1. The third-order valence-corrected chi connectivity index (χ3v) is 2.48. The quantitative estimate of drug-likeness (QED) is 0.695. The number of aromatic nitrogens is 3. The lowest BCUT2D eigenvalue weighted by Crippen LogP contribution is -1.89. The zero-order valence-corrected chi connectivity index (χ0v) is 8.24. The molecule has 0 atom stereocenters. The van der Waals surface area contributed by atoms with Gasteiger partial charge in [0.25, 0.3) is 0 Å². The van der Waals surface area contributed by atoms with Gasteiger partial charge in [-0.1, -0.05) is 27.2 Å². The van der Waals surface area contributed by atoms with Crippen molar-refractivity contribution in [3.63, 3.8) is 0 Å². The van der Waals surface area contributed by atoms with Crippen LogP contribution in [-0.4, -0.2) is 15.0 Å². The fourth-order valence-corrected chi connectivity index (χ4v) is 1.51. The number of halogens is 1. The molecule has 2 aromatic rings. The largest absolute Gasteiger partial charge is 0.248 e. The van der Waals surface area contributed by atoms with Crippen molar-refractivity contribution in [3.05, 3.63) is 23.8 Å². The van der Waals surface area contributed by atoms with Crippen LogP contribution >= 0.6 is 15.9 Å². The summed E-state index contributed by atoms with van der Waals surface area (Å²) in [6.45, 7) is 0. The SMILES string of the molecule is Cn1nnc2ccc(CBr)cc21. The van der Waals surface area contributed by atoms with Crippen molar-refractivity contribution >= 4 is 27.0 Å². The number of benzene rings is 1. The highest BCUT2D eigenvalue weighted by Crippen LogP contribution is 2.14. The number of nitrogens with zero attached hydrogens (tertiary/aromatic N) is 3. The van der Waals surface area contributed by atoms with Crippen LogP contribution in [0.2, 0.25) is 0 Å². The van der Waals surface area contributed by atoms with Gasteiger partial charge >= 0.3 is 0 Å². The van der Waals surface area contributed by atoms with Crippen LogP contribution in [-0.2, 0) is 12.4 Å². The van der Waals surface area contributed by atoms with E-state index in [1.54, 1.807) is 4.68 Å². The summed E-state index contributed by atoms with van der Waals surface area (Å²) in [7, 11) is 1.90. The molecule has 1 aromatic heterocycles. The summed E-state index contributed by atoms with van der Waals surface area (Å²) in [5.41, 5.74) is 3.27. The number of alkyl halides is 1. The number of rotatable bonds is 1. The van der Waals surface area contributed by atoms with Crippen molar-refractivity contribution in [1.29, 1.82) is 0 Å². The number of hydrogen-bond acceptors (Lipinski definition) is 2. The number of fused-ring (bicyclic) bond motifs is 1. The van der Waals surface area contributed by atoms with E-state index in [9.17, 15) is 0 Å². The van der Waals surface area contributed by atoms with Crippen LogP contribution in [0, 0.1) is 0 Å². The van der Waals surface area contributed by atoms with Crippen LogP contribution < -0.4 is 0 Å². The molecule has 0 amide bonds. The van der Waals surface area contributed by atoms with Gasteiger partial charge in [-0.05, 0) is 17.7 Å². The summed E-state index contributed by atoms with van der Waals surface area (Å²) in [5.74, 6) is 0. The highest BCUT2D eigenvalue weighted by atomic mass is 79.9. The molecule has 12 heavy (non-hydrogen) atoms. The molecule has 0 spiro atoms. The first-order valence-corrected chi connectivity index (χ1v) is 4.77. The molecule has 0 bridgehead atoms.